The second-order valence-electron chi connectivity index (χ2n) is 4.25. The van der Waals surface area contributed by atoms with Crippen molar-refractivity contribution < 1.29 is 4.39 Å². The molecule has 1 aliphatic carbocycles. The first-order chi connectivity index (χ1) is 7.72. The topological polar surface area (TPSA) is 35.8 Å². The third-order valence-corrected chi connectivity index (χ3v) is 3.16. The van der Waals surface area contributed by atoms with Gasteiger partial charge in [0, 0.05) is 0 Å². The van der Waals surface area contributed by atoms with Crippen LogP contribution in [-0.2, 0) is 12.0 Å². The van der Waals surface area contributed by atoms with Crippen molar-refractivity contribution >= 4 is 0 Å². The smallest absolute Gasteiger partial charge is 0.132 e. The first-order valence-electron chi connectivity index (χ1n) is 5.67. The van der Waals surface area contributed by atoms with Gasteiger partial charge in [-0.05, 0) is 49.1 Å². The van der Waals surface area contributed by atoms with E-state index in [1.807, 2.05) is 0 Å². The number of hydrogen-bond donors (Lipinski definition) is 1. The molecule has 1 aliphatic rings. The number of fused-ring (bicyclic) bond motifs is 1. The lowest BCUT2D eigenvalue weighted by Crippen LogP contribution is -2.39. The highest BCUT2D eigenvalue weighted by Crippen LogP contribution is 2.36. The Morgan fingerprint density at radius 2 is 2.38 bits per heavy atom. The molecule has 0 spiro atoms. The lowest BCUT2D eigenvalue weighted by molar-refractivity contribution is 0.425. The number of nitrogens with zero attached hydrogens (tertiary/aromatic N) is 1. The summed E-state index contributed by atoms with van der Waals surface area (Å²) < 4.78 is 13.1. The molecule has 16 heavy (non-hydrogen) atoms. The summed E-state index contributed by atoms with van der Waals surface area (Å²) in [6, 6.07) is 7.07. The van der Waals surface area contributed by atoms with Gasteiger partial charge in [0.05, 0.1) is 6.07 Å². The van der Waals surface area contributed by atoms with Crippen LogP contribution < -0.4 is 5.32 Å². The average Bonchev–Trinajstić information content (AvgIpc) is 2.65. The van der Waals surface area contributed by atoms with E-state index in [9.17, 15) is 9.65 Å². The molecule has 2 nitrogen and oxygen atoms in total. The number of hydrogen-bond acceptors (Lipinski definition) is 2. The van der Waals surface area contributed by atoms with E-state index < -0.39 is 5.54 Å². The summed E-state index contributed by atoms with van der Waals surface area (Å²) in [5.74, 6) is -0.219. The van der Waals surface area contributed by atoms with Crippen molar-refractivity contribution in [3.8, 4) is 6.07 Å². The lowest BCUT2D eigenvalue weighted by Gasteiger charge is -2.23. The molecule has 0 amide bonds. The van der Waals surface area contributed by atoms with E-state index in [2.05, 4.69) is 18.3 Å². The summed E-state index contributed by atoms with van der Waals surface area (Å²) in [5.41, 5.74) is 1.31. The molecule has 84 valence electrons. The highest BCUT2D eigenvalue weighted by atomic mass is 19.1. The predicted octanol–water partition coefficient (Wildman–Crippen LogP) is 2.49. The largest absolute Gasteiger partial charge is 0.296 e. The van der Waals surface area contributed by atoms with Crippen LogP contribution in [0.1, 0.15) is 30.9 Å². The highest BCUT2D eigenvalue weighted by molar-refractivity contribution is 5.43. The molecule has 0 bridgehead atoms. The Kier molecular flexibility index (Phi) is 2.93. The molecular weight excluding hydrogens is 203 g/mol. The minimum atomic E-state index is -0.598. The van der Waals surface area contributed by atoms with E-state index in [0.717, 1.165) is 36.9 Å². The van der Waals surface area contributed by atoms with Gasteiger partial charge in [0.2, 0.25) is 0 Å². The minimum Gasteiger partial charge on any atom is -0.296 e. The SMILES string of the molecule is CCCNC1(C#N)CCc2cc(F)ccc21. The zero-order chi connectivity index (χ0) is 11.6. The molecule has 1 N–H and O–H groups in total. The summed E-state index contributed by atoms with van der Waals surface area (Å²) in [6.07, 6.45) is 2.50. The molecule has 0 saturated carbocycles. The van der Waals surface area contributed by atoms with Gasteiger partial charge in [-0.1, -0.05) is 13.0 Å². The van der Waals surface area contributed by atoms with Crippen LogP contribution in [0.4, 0.5) is 4.39 Å². The molecule has 0 fully saturated rings. The minimum absolute atomic E-state index is 0.219. The summed E-state index contributed by atoms with van der Waals surface area (Å²) in [7, 11) is 0. The van der Waals surface area contributed by atoms with Crippen LogP contribution in [0.15, 0.2) is 18.2 Å². The van der Waals surface area contributed by atoms with E-state index in [0.29, 0.717) is 0 Å². The Bertz CT molecular complexity index is 436. The van der Waals surface area contributed by atoms with Gasteiger partial charge in [0.1, 0.15) is 11.4 Å². The molecule has 1 atom stereocenters. The summed E-state index contributed by atoms with van der Waals surface area (Å²) in [6.45, 7) is 2.88. The fourth-order valence-corrected chi connectivity index (χ4v) is 2.32. The van der Waals surface area contributed by atoms with Crippen LogP contribution in [0.25, 0.3) is 0 Å². The molecule has 0 radical (unpaired) electrons. The first-order valence-corrected chi connectivity index (χ1v) is 5.67. The van der Waals surface area contributed by atoms with Crippen molar-refractivity contribution in [3.05, 3.63) is 35.1 Å². The van der Waals surface area contributed by atoms with E-state index in [-0.39, 0.29) is 5.82 Å². The second-order valence-corrected chi connectivity index (χ2v) is 4.25. The predicted molar refractivity (Wildman–Crippen MR) is 60.3 cm³/mol. The number of halogens is 1. The van der Waals surface area contributed by atoms with Crippen molar-refractivity contribution in [1.82, 2.24) is 5.32 Å². The normalized spacial score (nSPS) is 22.8. The molecule has 0 aliphatic heterocycles. The van der Waals surface area contributed by atoms with Crippen molar-refractivity contribution in [2.45, 2.75) is 31.7 Å². The standard InChI is InChI=1S/C13H15FN2/c1-2-7-16-13(9-15)6-5-10-8-11(14)3-4-12(10)13/h3-4,8,16H,2,5-7H2,1H3. The molecule has 2 rings (SSSR count). The zero-order valence-corrected chi connectivity index (χ0v) is 9.39. The highest BCUT2D eigenvalue weighted by Gasteiger charge is 2.38. The summed E-state index contributed by atoms with van der Waals surface area (Å²) in [5, 5.41) is 12.6. The van der Waals surface area contributed by atoms with Gasteiger partial charge in [-0.25, -0.2) is 4.39 Å². The van der Waals surface area contributed by atoms with Crippen molar-refractivity contribution in [1.29, 1.82) is 5.26 Å². The quantitative estimate of drug-likeness (QED) is 0.846. The van der Waals surface area contributed by atoms with E-state index in [4.69, 9.17) is 0 Å². The average molecular weight is 218 g/mol. The molecule has 0 heterocycles. The molecule has 0 aromatic heterocycles. The maximum absolute atomic E-state index is 13.1. The van der Waals surface area contributed by atoms with E-state index in [1.54, 1.807) is 12.1 Å². The third-order valence-electron chi connectivity index (χ3n) is 3.16. The molecule has 0 saturated heterocycles. The van der Waals surface area contributed by atoms with E-state index >= 15 is 0 Å². The van der Waals surface area contributed by atoms with Crippen molar-refractivity contribution in [2.75, 3.05) is 6.54 Å². The van der Waals surface area contributed by atoms with Gasteiger partial charge in [-0.2, -0.15) is 5.26 Å². The molecular formula is C13H15FN2. The molecule has 3 heteroatoms. The maximum atomic E-state index is 13.1. The van der Waals surface area contributed by atoms with Gasteiger partial charge >= 0.3 is 0 Å². The van der Waals surface area contributed by atoms with Crippen LogP contribution in [-0.4, -0.2) is 6.54 Å². The Morgan fingerprint density at radius 3 is 3.06 bits per heavy atom. The Labute approximate surface area is 95.1 Å². The summed E-state index contributed by atoms with van der Waals surface area (Å²) >= 11 is 0. The van der Waals surface area contributed by atoms with Gasteiger partial charge in [-0.15, -0.1) is 0 Å². The number of nitriles is 1. The van der Waals surface area contributed by atoms with E-state index in [1.165, 1.54) is 6.07 Å². The Hall–Kier alpha value is -1.40. The molecule has 1 aromatic carbocycles. The van der Waals surface area contributed by atoms with Crippen LogP contribution in [0.3, 0.4) is 0 Å². The van der Waals surface area contributed by atoms with Crippen LogP contribution in [0.2, 0.25) is 0 Å². The van der Waals surface area contributed by atoms with Crippen LogP contribution in [0.5, 0.6) is 0 Å². The third kappa shape index (κ3) is 1.70. The second kappa shape index (κ2) is 4.23. The fourth-order valence-electron chi connectivity index (χ4n) is 2.32. The lowest BCUT2D eigenvalue weighted by atomic mass is 9.93. The molecule has 1 aromatic rings. The summed E-state index contributed by atoms with van der Waals surface area (Å²) in [4.78, 5) is 0. The van der Waals surface area contributed by atoms with Gasteiger partial charge < -0.3 is 0 Å². The maximum Gasteiger partial charge on any atom is 0.132 e. The van der Waals surface area contributed by atoms with Gasteiger partial charge in [-0.3, -0.25) is 5.32 Å². The monoisotopic (exact) mass is 218 g/mol. The van der Waals surface area contributed by atoms with Crippen LogP contribution in [0, 0.1) is 17.1 Å². The zero-order valence-electron chi connectivity index (χ0n) is 9.39. The van der Waals surface area contributed by atoms with Crippen molar-refractivity contribution in [2.24, 2.45) is 0 Å². The first kappa shape index (κ1) is 11.1. The fraction of sp³-hybridized carbons (Fsp3) is 0.462. The number of benzene rings is 1. The van der Waals surface area contributed by atoms with Crippen molar-refractivity contribution in [3.63, 3.8) is 0 Å². The number of aryl methyl sites for hydroxylation is 1. The number of rotatable bonds is 3. The Morgan fingerprint density at radius 1 is 1.56 bits per heavy atom. The molecule has 1 unspecified atom stereocenters. The number of nitrogens with one attached hydrogen (secondary N) is 1. The van der Waals surface area contributed by atoms with Crippen LogP contribution >= 0.6 is 0 Å². The van der Waals surface area contributed by atoms with Gasteiger partial charge in [0.25, 0.3) is 0 Å². The van der Waals surface area contributed by atoms with Gasteiger partial charge in [0.15, 0.2) is 0 Å². The Balaban J connectivity index is 2.36.